The molecule has 196 valence electrons. The smallest absolute Gasteiger partial charge is 0.274 e. The summed E-state index contributed by atoms with van der Waals surface area (Å²) in [6.45, 7) is 7.95. The third-order valence-electron chi connectivity index (χ3n) is 7.93. The zero-order valence-corrected chi connectivity index (χ0v) is 22.4. The monoisotopic (exact) mass is 494 g/mol. The number of para-hydroxylation sites is 1. The molecule has 0 radical (unpaired) electrons. The standard InChI is InChI=1S/C29H42N4O3/c1-21(2)18-24-20-36-26-12-8-7-11-23(26)10-6-5-9-13-29(28(35)30-24)14-16-33(17-15-29)27(34)25-19-22(3)32(4)31-25/h7-8,11-12,19,21,24H,5-6,9-10,13-18,20H2,1-4H3,(H,30,35)/t24-/m0/s1. The summed E-state index contributed by atoms with van der Waals surface area (Å²) in [6, 6.07) is 10.1. The number of benzene rings is 1. The van der Waals surface area contributed by atoms with Crippen molar-refractivity contribution in [3.8, 4) is 5.75 Å². The summed E-state index contributed by atoms with van der Waals surface area (Å²) >= 11 is 0. The average Bonchev–Trinajstić information content (AvgIpc) is 3.20. The van der Waals surface area contributed by atoms with Crippen molar-refractivity contribution in [2.75, 3.05) is 19.7 Å². The molecule has 1 spiro atoms. The van der Waals surface area contributed by atoms with Gasteiger partial charge in [-0.15, -0.1) is 0 Å². The summed E-state index contributed by atoms with van der Waals surface area (Å²) in [5.74, 6) is 1.47. The van der Waals surface area contributed by atoms with E-state index in [2.05, 4.69) is 36.4 Å². The fourth-order valence-corrected chi connectivity index (χ4v) is 5.63. The maximum Gasteiger partial charge on any atom is 0.274 e. The highest BCUT2D eigenvalue weighted by atomic mass is 16.5. The van der Waals surface area contributed by atoms with Crippen molar-refractivity contribution < 1.29 is 14.3 Å². The minimum absolute atomic E-state index is 0.0394. The molecule has 1 N–H and O–H groups in total. The van der Waals surface area contributed by atoms with Crippen molar-refractivity contribution in [2.45, 2.75) is 78.2 Å². The summed E-state index contributed by atoms with van der Waals surface area (Å²) < 4.78 is 8.00. The first-order valence-electron chi connectivity index (χ1n) is 13.6. The molecule has 0 bridgehead atoms. The van der Waals surface area contributed by atoms with Crippen LogP contribution in [0.3, 0.4) is 0 Å². The number of carbonyl (C=O) groups excluding carboxylic acids is 2. The largest absolute Gasteiger partial charge is 0.491 e. The van der Waals surface area contributed by atoms with Crippen LogP contribution in [0.5, 0.6) is 5.75 Å². The highest BCUT2D eigenvalue weighted by Crippen LogP contribution is 2.38. The number of rotatable bonds is 3. The minimum Gasteiger partial charge on any atom is -0.491 e. The molecular formula is C29H42N4O3. The number of aromatic nitrogens is 2. The Morgan fingerprint density at radius 1 is 1.17 bits per heavy atom. The molecule has 1 aromatic heterocycles. The SMILES string of the molecule is Cc1cc(C(=O)N2CCC3(CCCCCc4ccccc4OC[C@H](CC(C)C)NC3=O)CC2)nn1C. The van der Waals surface area contributed by atoms with E-state index < -0.39 is 5.41 Å². The number of fused-ring (bicyclic) bond motifs is 1. The number of hydrogen-bond donors (Lipinski definition) is 1. The molecule has 2 amide bonds. The molecule has 0 unspecified atom stereocenters. The Kier molecular flexibility index (Phi) is 8.37. The maximum absolute atomic E-state index is 13.8. The highest BCUT2D eigenvalue weighted by Gasteiger charge is 2.42. The first kappa shape index (κ1) is 26.2. The predicted molar refractivity (Wildman–Crippen MR) is 141 cm³/mol. The van der Waals surface area contributed by atoms with Crippen LogP contribution in [0.4, 0.5) is 0 Å². The van der Waals surface area contributed by atoms with Crippen molar-refractivity contribution in [3.63, 3.8) is 0 Å². The molecular weight excluding hydrogens is 452 g/mol. The third kappa shape index (κ3) is 6.11. The van der Waals surface area contributed by atoms with E-state index in [0.717, 1.165) is 50.0 Å². The summed E-state index contributed by atoms with van der Waals surface area (Å²) in [4.78, 5) is 28.8. The van der Waals surface area contributed by atoms with Crippen LogP contribution in [0.1, 0.15) is 80.5 Å². The molecule has 7 nitrogen and oxygen atoms in total. The van der Waals surface area contributed by atoms with E-state index in [0.29, 0.717) is 44.1 Å². The van der Waals surface area contributed by atoms with Crippen LogP contribution >= 0.6 is 0 Å². The number of carbonyl (C=O) groups is 2. The Hall–Kier alpha value is -2.83. The van der Waals surface area contributed by atoms with Gasteiger partial charge in [0.15, 0.2) is 5.69 Å². The van der Waals surface area contributed by atoms with Crippen molar-refractivity contribution in [3.05, 3.63) is 47.3 Å². The van der Waals surface area contributed by atoms with Crippen molar-refractivity contribution in [1.29, 1.82) is 0 Å². The second-order valence-corrected chi connectivity index (χ2v) is 11.1. The van der Waals surface area contributed by atoms with E-state index in [1.165, 1.54) is 5.56 Å². The summed E-state index contributed by atoms with van der Waals surface area (Å²) in [5, 5.41) is 7.75. The summed E-state index contributed by atoms with van der Waals surface area (Å²) in [7, 11) is 1.85. The van der Waals surface area contributed by atoms with Crippen molar-refractivity contribution in [1.82, 2.24) is 20.0 Å². The molecule has 4 rings (SSSR count). The lowest BCUT2D eigenvalue weighted by Crippen LogP contribution is -2.53. The van der Waals surface area contributed by atoms with Gasteiger partial charge in [-0.2, -0.15) is 5.10 Å². The lowest BCUT2D eigenvalue weighted by Gasteiger charge is -2.41. The zero-order valence-electron chi connectivity index (χ0n) is 22.4. The fraction of sp³-hybridized carbons (Fsp3) is 0.621. The molecule has 1 saturated heterocycles. The third-order valence-corrected chi connectivity index (χ3v) is 7.93. The Morgan fingerprint density at radius 2 is 1.92 bits per heavy atom. The van der Waals surface area contributed by atoms with E-state index in [-0.39, 0.29) is 17.9 Å². The topological polar surface area (TPSA) is 76.5 Å². The lowest BCUT2D eigenvalue weighted by atomic mass is 9.73. The molecule has 2 aromatic rings. The molecule has 2 aliphatic heterocycles. The van der Waals surface area contributed by atoms with E-state index in [1.54, 1.807) is 4.68 Å². The van der Waals surface area contributed by atoms with Gasteiger partial charge in [-0.25, -0.2) is 0 Å². The van der Waals surface area contributed by atoms with Crippen LogP contribution in [0.25, 0.3) is 0 Å². The molecule has 7 heteroatoms. The number of amides is 2. The molecule has 0 aliphatic carbocycles. The van der Waals surface area contributed by atoms with E-state index >= 15 is 0 Å². The van der Waals surface area contributed by atoms with Gasteiger partial charge >= 0.3 is 0 Å². The van der Waals surface area contributed by atoms with Crippen LogP contribution in [0.15, 0.2) is 30.3 Å². The van der Waals surface area contributed by atoms with Gasteiger partial charge in [-0.1, -0.05) is 44.9 Å². The summed E-state index contributed by atoms with van der Waals surface area (Å²) in [5.41, 5.74) is 2.26. The zero-order chi connectivity index (χ0) is 25.7. The maximum atomic E-state index is 13.8. The van der Waals surface area contributed by atoms with Gasteiger partial charge in [0, 0.05) is 25.8 Å². The lowest BCUT2D eigenvalue weighted by molar-refractivity contribution is -0.135. The number of likely N-dealkylation sites (tertiary alicyclic amines) is 1. The van der Waals surface area contributed by atoms with Gasteiger partial charge in [0.1, 0.15) is 12.4 Å². The molecule has 0 saturated carbocycles. The molecule has 3 heterocycles. The quantitative estimate of drug-likeness (QED) is 0.672. The first-order valence-corrected chi connectivity index (χ1v) is 13.6. The number of aryl methyl sites for hydroxylation is 3. The van der Waals surface area contributed by atoms with Gasteiger partial charge in [0.25, 0.3) is 5.91 Å². The average molecular weight is 495 g/mol. The van der Waals surface area contributed by atoms with Crippen LogP contribution in [0.2, 0.25) is 0 Å². The number of hydrogen-bond acceptors (Lipinski definition) is 4. The Bertz CT molecular complexity index is 1030. The van der Waals surface area contributed by atoms with Gasteiger partial charge in [0.05, 0.1) is 11.5 Å². The second kappa shape index (κ2) is 11.5. The van der Waals surface area contributed by atoms with Gasteiger partial charge in [-0.05, 0) is 69.1 Å². The minimum atomic E-state index is -0.438. The van der Waals surface area contributed by atoms with E-state index in [9.17, 15) is 9.59 Å². The number of piperidine rings is 1. The van der Waals surface area contributed by atoms with Crippen LogP contribution in [0, 0.1) is 18.3 Å². The number of nitrogens with zero attached hydrogens (tertiary/aromatic N) is 3. The van der Waals surface area contributed by atoms with Crippen LogP contribution < -0.4 is 10.1 Å². The predicted octanol–water partition coefficient (Wildman–Crippen LogP) is 4.68. The molecule has 2 aliphatic rings. The van der Waals surface area contributed by atoms with Gasteiger partial charge in [-0.3, -0.25) is 14.3 Å². The van der Waals surface area contributed by atoms with Crippen LogP contribution in [-0.2, 0) is 18.3 Å². The van der Waals surface area contributed by atoms with Gasteiger partial charge < -0.3 is 15.0 Å². The molecule has 36 heavy (non-hydrogen) atoms. The highest BCUT2D eigenvalue weighted by molar-refractivity contribution is 5.93. The molecule has 1 fully saturated rings. The van der Waals surface area contributed by atoms with Crippen molar-refractivity contribution in [2.24, 2.45) is 18.4 Å². The fourth-order valence-electron chi connectivity index (χ4n) is 5.63. The molecule has 1 atom stereocenters. The van der Waals surface area contributed by atoms with Gasteiger partial charge in [0.2, 0.25) is 5.91 Å². The Balaban J connectivity index is 1.49. The number of nitrogens with one attached hydrogen (secondary N) is 1. The summed E-state index contributed by atoms with van der Waals surface area (Å²) in [6.07, 6.45) is 7.27. The molecule has 1 aromatic carbocycles. The van der Waals surface area contributed by atoms with Crippen LogP contribution in [-0.4, -0.2) is 52.2 Å². The van der Waals surface area contributed by atoms with Crippen molar-refractivity contribution >= 4 is 11.8 Å². The second-order valence-electron chi connectivity index (χ2n) is 11.1. The first-order chi connectivity index (χ1) is 17.3. The van der Waals surface area contributed by atoms with E-state index in [4.69, 9.17) is 4.74 Å². The Morgan fingerprint density at radius 3 is 2.61 bits per heavy atom. The normalized spacial score (nSPS) is 21.1. The van der Waals surface area contributed by atoms with E-state index in [1.807, 2.05) is 37.1 Å². The number of ether oxygens (including phenoxy) is 1. The Labute approximate surface area is 215 Å².